The predicted molar refractivity (Wildman–Crippen MR) is 141 cm³/mol. The molecule has 1 heterocycles. The highest BCUT2D eigenvalue weighted by Gasteiger charge is 2.21. The molecule has 3 rings (SSSR count). The molecule has 0 aliphatic carbocycles. The number of rotatable bonds is 14. The summed E-state index contributed by atoms with van der Waals surface area (Å²) in [4.78, 5) is 12.6. The normalized spacial score (nSPS) is 12.0. The van der Waals surface area contributed by atoms with Gasteiger partial charge in [0.2, 0.25) is 5.91 Å². The summed E-state index contributed by atoms with van der Waals surface area (Å²) in [6.45, 7) is 6.22. The maximum Gasteiger partial charge on any atom is 0.220 e. The Balaban J connectivity index is 1.65. The Morgan fingerprint density at radius 3 is 2.31 bits per heavy atom. The van der Waals surface area contributed by atoms with Crippen molar-refractivity contribution in [3.8, 4) is 5.69 Å². The van der Waals surface area contributed by atoms with E-state index in [1.165, 1.54) is 49.8 Å². The van der Waals surface area contributed by atoms with E-state index in [0.29, 0.717) is 18.0 Å². The van der Waals surface area contributed by atoms with Gasteiger partial charge in [-0.3, -0.25) is 9.36 Å². The minimum atomic E-state index is -0.277. The first-order chi connectivity index (χ1) is 17.0. The fourth-order valence-electron chi connectivity index (χ4n) is 3.94. The molecule has 0 bridgehead atoms. The lowest BCUT2D eigenvalue weighted by Crippen LogP contribution is -2.28. The van der Waals surface area contributed by atoms with E-state index in [9.17, 15) is 9.18 Å². The molecule has 0 aliphatic heterocycles. The van der Waals surface area contributed by atoms with Crippen molar-refractivity contribution in [2.45, 2.75) is 89.1 Å². The predicted octanol–water partition coefficient (Wildman–Crippen LogP) is 7.33. The summed E-state index contributed by atoms with van der Waals surface area (Å²) in [6.07, 6.45) is 8.81. The molecule has 2 aromatic carbocycles. The van der Waals surface area contributed by atoms with Crippen LogP contribution in [-0.4, -0.2) is 20.7 Å². The van der Waals surface area contributed by atoms with Crippen LogP contribution < -0.4 is 5.32 Å². The average molecular weight is 497 g/mol. The standard InChI is InChI=1S/C28H37FN4OS/c1-4-5-6-7-8-9-10-11-26(34)30-22(3)27-31-32-28(33(27)25-18-12-21(2)13-19-25)35-20-23-14-16-24(29)17-15-23/h12-19,22H,4-11,20H2,1-3H3,(H,30,34). The van der Waals surface area contributed by atoms with E-state index >= 15 is 0 Å². The zero-order chi connectivity index (χ0) is 25.0. The maximum atomic E-state index is 13.3. The third kappa shape index (κ3) is 8.49. The van der Waals surface area contributed by atoms with Gasteiger partial charge in [0.05, 0.1) is 6.04 Å². The molecule has 1 aromatic heterocycles. The van der Waals surface area contributed by atoms with Crippen LogP contribution in [-0.2, 0) is 10.5 Å². The molecule has 0 saturated heterocycles. The first-order valence-corrected chi connectivity index (χ1v) is 13.7. The summed E-state index contributed by atoms with van der Waals surface area (Å²) in [6, 6.07) is 14.4. The fraction of sp³-hybridized carbons (Fsp3) is 0.464. The molecule has 0 fully saturated rings. The van der Waals surface area contributed by atoms with Crippen LogP contribution in [0.2, 0.25) is 0 Å². The van der Waals surface area contributed by atoms with Gasteiger partial charge in [-0.2, -0.15) is 0 Å². The van der Waals surface area contributed by atoms with Gasteiger partial charge in [-0.25, -0.2) is 4.39 Å². The minimum absolute atomic E-state index is 0.0463. The Labute approximate surface area is 212 Å². The van der Waals surface area contributed by atoms with Crippen molar-refractivity contribution in [3.63, 3.8) is 0 Å². The number of benzene rings is 2. The number of hydrogen-bond acceptors (Lipinski definition) is 4. The second kappa shape index (κ2) is 14.0. The number of hydrogen-bond donors (Lipinski definition) is 1. The van der Waals surface area contributed by atoms with Crippen molar-refractivity contribution < 1.29 is 9.18 Å². The summed E-state index contributed by atoms with van der Waals surface area (Å²) in [5.74, 6) is 1.14. The lowest BCUT2D eigenvalue weighted by molar-refractivity contribution is -0.121. The van der Waals surface area contributed by atoms with Gasteiger partial charge in [0.15, 0.2) is 11.0 Å². The van der Waals surface area contributed by atoms with Gasteiger partial charge < -0.3 is 5.32 Å². The lowest BCUT2D eigenvalue weighted by atomic mass is 10.1. The van der Waals surface area contributed by atoms with Crippen molar-refractivity contribution in [2.24, 2.45) is 0 Å². The molecule has 7 heteroatoms. The highest BCUT2D eigenvalue weighted by molar-refractivity contribution is 7.98. The van der Waals surface area contributed by atoms with Crippen LogP contribution in [0.25, 0.3) is 5.69 Å². The molecule has 3 aromatic rings. The van der Waals surface area contributed by atoms with E-state index in [2.05, 4.69) is 34.6 Å². The first-order valence-electron chi connectivity index (χ1n) is 12.7. The lowest BCUT2D eigenvalue weighted by Gasteiger charge is -2.16. The second-order valence-corrected chi connectivity index (χ2v) is 10.0. The van der Waals surface area contributed by atoms with Gasteiger partial charge in [-0.05, 0) is 50.1 Å². The van der Waals surface area contributed by atoms with Crippen LogP contribution in [0.15, 0.2) is 53.7 Å². The van der Waals surface area contributed by atoms with Crippen molar-refractivity contribution in [2.75, 3.05) is 0 Å². The quantitative estimate of drug-likeness (QED) is 0.188. The number of aryl methyl sites for hydroxylation is 1. The van der Waals surface area contributed by atoms with Crippen LogP contribution in [0.3, 0.4) is 0 Å². The Hall–Kier alpha value is -2.67. The van der Waals surface area contributed by atoms with Gasteiger partial charge in [0, 0.05) is 17.9 Å². The summed E-state index contributed by atoms with van der Waals surface area (Å²) in [7, 11) is 0. The Bertz CT molecular complexity index is 1050. The van der Waals surface area contributed by atoms with Gasteiger partial charge in [-0.1, -0.05) is 87.0 Å². The van der Waals surface area contributed by atoms with Crippen molar-refractivity contribution in [3.05, 3.63) is 71.3 Å². The molecule has 1 amide bonds. The number of carbonyl (C=O) groups excluding carboxylic acids is 1. The smallest absolute Gasteiger partial charge is 0.220 e. The number of halogens is 1. The molecule has 0 aliphatic rings. The van der Waals surface area contributed by atoms with E-state index in [1.807, 2.05) is 30.5 Å². The van der Waals surface area contributed by atoms with Crippen molar-refractivity contribution in [1.82, 2.24) is 20.1 Å². The molecule has 35 heavy (non-hydrogen) atoms. The number of aromatic nitrogens is 3. The van der Waals surface area contributed by atoms with Crippen molar-refractivity contribution in [1.29, 1.82) is 0 Å². The third-order valence-corrected chi connectivity index (χ3v) is 7.00. The van der Waals surface area contributed by atoms with Crippen LogP contribution >= 0.6 is 11.8 Å². The summed E-state index contributed by atoms with van der Waals surface area (Å²) < 4.78 is 15.3. The molecule has 188 valence electrons. The van der Waals surface area contributed by atoms with Gasteiger partial charge >= 0.3 is 0 Å². The van der Waals surface area contributed by atoms with E-state index < -0.39 is 0 Å². The minimum Gasteiger partial charge on any atom is -0.346 e. The van der Waals surface area contributed by atoms with E-state index in [4.69, 9.17) is 0 Å². The fourth-order valence-corrected chi connectivity index (χ4v) is 4.86. The maximum absolute atomic E-state index is 13.3. The van der Waals surface area contributed by atoms with E-state index in [-0.39, 0.29) is 17.8 Å². The van der Waals surface area contributed by atoms with Crippen LogP contribution in [0, 0.1) is 12.7 Å². The van der Waals surface area contributed by atoms with Crippen LogP contribution in [0.4, 0.5) is 4.39 Å². The highest BCUT2D eigenvalue weighted by Crippen LogP contribution is 2.28. The number of amides is 1. The third-order valence-electron chi connectivity index (χ3n) is 6.00. The van der Waals surface area contributed by atoms with Gasteiger partial charge in [-0.15, -0.1) is 10.2 Å². The molecule has 0 radical (unpaired) electrons. The van der Waals surface area contributed by atoms with E-state index in [0.717, 1.165) is 29.2 Å². The Morgan fingerprint density at radius 1 is 0.971 bits per heavy atom. The monoisotopic (exact) mass is 496 g/mol. The largest absolute Gasteiger partial charge is 0.346 e. The van der Waals surface area contributed by atoms with E-state index in [1.54, 1.807) is 23.9 Å². The number of nitrogens with zero attached hydrogens (tertiary/aromatic N) is 3. The summed E-state index contributed by atoms with van der Waals surface area (Å²) in [5.41, 5.74) is 3.12. The average Bonchev–Trinajstić information content (AvgIpc) is 3.28. The van der Waals surface area contributed by atoms with Gasteiger partial charge in [0.1, 0.15) is 5.82 Å². The number of nitrogens with one attached hydrogen (secondary N) is 1. The Kier molecular flexibility index (Phi) is 10.8. The molecular formula is C28H37FN4OS. The molecule has 0 saturated carbocycles. The van der Waals surface area contributed by atoms with Crippen molar-refractivity contribution >= 4 is 17.7 Å². The van der Waals surface area contributed by atoms with Crippen LogP contribution in [0.5, 0.6) is 0 Å². The van der Waals surface area contributed by atoms with Gasteiger partial charge in [0.25, 0.3) is 0 Å². The molecule has 1 N–H and O–H groups in total. The van der Waals surface area contributed by atoms with Crippen LogP contribution in [0.1, 0.15) is 88.2 Å². The molecule has 1 unspecified atom stereocenters. The zero-order valence-electron chi connectivity index (χ0n) is 21.1. The number of carbonyl (C=O) groups is 1. The SMILES string of the molecule is CCCCCCCCCC(=O)NC(C)c1nnc(SCc2ccc(F)cc2)n1-c1ccc(C)cc1. The molecule has 5 nitrogen and oxygen atoms in total. The first kappa shape index (κ1) is 26.9. The molecule has 0 spiro atoms. The topological polar surface area (TPSA) is 59.8 Å². The zero-order valence-corrected chi connectivity index (χ0v) is 21.9. The highest BCUT2D eigenvalue weighted by atomic mass is 32.2. The molecular weight excluding hydrogens is 459 g/mol. The number of unbranched alkanes of at least 4 members (excludes halogenated alkanes) is 6. The second-order valence-electron chi connectivity index (χ2n) is 9.09. The number of thioether (sulfide) groups is 1. The molecule has 1 atom stereocenters. The Morgan fingerprint density at radius 2 is 1.63 bits per heavy atom. The summed E-state index contributed by atoms with van der Waals surface area (Å²) >= 11 is 1.54. The summed E-state index contributed by atoms with van der Waals surface area (Å²) in [5, 5.41) is 12.7.